The minimum Gasteiger partial charge on any atom is -0.352 e. The van der Waals surface area contributed by atoms with Crippen molar-refractivity contribution in [3.05, 3.63) is 22.8 Å². The summed E-state index contributed by atoms with van der Waals surface area (Å²) in [6, 6.07) is 4.20. The van der Waals surface area contributed by atoms with Crippen LogP contribution in [0.5, 0.6) is 0 Å². The van der Waals surface area contributed by atoms with Crippen molar-refractivity contribution in [1.29, 1.82) is 5.26 Å². The molecule has 0 saturated carbocycles. The molecule has 3 unspecified atom stereocenters. The average molecular weight is 263 g/mol. The van der Waals surface area contributed by atoms with E-state index in [9.17, 15) is 0 Å². The zero-order valence-electron chi connectivity index (χ0n) is 10.2. The first-order chi connectivity index (χ1) is 8.72. The molecule has 1 aromatic rings. The second-order valence-corrected chi connectivity index (χ2v) is 5.46. The van der Waals surface area contributed by atoms with Gasteiger partial charge in [-0.05, 0) is 24.8 Å². The summed E-state index contributed by atoms with van der Waals surface area (Å²) in [4.78, 5) is 6.62. The largest absolute Gasteiger partial charge is 0.352 e. The quantitative estimate of drug-likeness (QED) is 0.836. The summed E-state index contributed by atoms with van der Waals surface area (Å²) in [5, 5.41) is 12.9. The number of nitrogens with zero attached hydrogens (tertiary/aromatic N) is 3. The third-order valence-electron chi connectivity index (χ3n) is 4.20. The van der Waals surface area contributed by atoms with E-state index in [1.807, 2.05) is 0 Å². The van der Waals surface area contributed by atoms with Crippen molar-refractivity contribution < 1.29 is 0 Å². The lowest BCUT2D eigenvalue weighted by Gasteiger charge is -2.26. The molecule has 2 aliphatic rings. The van der Waals surface area contributed by atoms with Crippen LogP contribution in [0.3, 0.4) is 0 Å². The van der Waals surface area contributed by atoms with E-state index < -0.39 is 0 Å². The molecule has 18 heavy (non-hydrogen) atoms. The molecule has 2 saturated heterocycles. The Kier molecular flexibility index (Phi) is 2.89. The van der Waals surface area contributed by atoms with Gasteiger partial charge in [0.25, 0.3) is 0 Å². The zero-order chi connectivity index (χ0) is 12.7. The Hall–Kier alpha value is -1.31. The molecule has 1 N–H and O–H groups in total. The number of hydrogen-bond donors (Lipinski definition) is 1. The van der Waals surface area contributed by atoms with E-state index in [4.69, 9.17) is 16.9 Å². The van der Waals surface area contributed by atoms with Crippen molar-refractivity contribution in [1.82, 2.24) is 10.3 Å². The maximum absolute atomic E-state index is 9.02. The van der Waals surface area contributed by atoms with Gasteiger partial charge in [0.2, 0.25) is 0 Å². The number of fused-ring (bicyclic) bond motifs is 1. The van der Waals surface area contributed by atoms with Crippen LogP contribution in [-0.4, -0.2) is 30.7 Å². The predicted octanol–water partition coefficient (Wildman–Crippen LogP) is 1.65. The number of nitriles is 1. The van der Waals surface area contributed by atoms with Gasteiger partial charge in [-0.3, -0.25) is 0 Å². The molecule has 0 amide bonds. The Morgan fingerprint density at radius 2 is 2.39 bits per heavy atom. The van der Waals surface area contributed by atoms with Gasteiger partial charge in [0.05, 0.1) is 5.56 Å². The van der Waals surface area contributed by atoms with Crippen LogP contribution < -0.4 is 10.2 Å². The van der Waals surface area contributed by atoms with E-state index in [-0.39, 0.29) is 0 Å². The van der Waals surface area contributed by atoms with Gasteiger partial charge in [-0.1, -0.05) is 11.6 Å². The number of hydrogen-bond acceptors (Lipinski definition) is 4. The van der Waals surface area contributed by atoms with Gasteiger partial charge in [0, 0.05) is 31.9 Å². The highest BCUT2D eigenvalue weighted by atomic mass is 35.5. The number of pyridine rings is 1. The molecule has 4 nitrogen and oxygen atoms in total. The van der Waals surface area contributed by atoms with Crippen LogP contribution in [0.2, 0.25) is 5.02 Å². The fourth-order valence-electron chi connectivity index (χ4n) is 3.17. The summed E-state index contributed by atoms with van der Waals surface area (Å²) in [6.45, 7) is 5.33. The van der Waals surface area contributed by atoms with Crippen LogP contribution in [0.15, 0.2) is 12.3 Å². The van der Waals surface area contributed by atoms with Crippen LogP contribution in [0.4, 0.5) is 5.82 Å². The lowest BCUT2D eigenvalue weighted by atomic mass is 9.95. The van der Waals surface area contributed by atoms with Crippen LogP contribution in [0.1, 0.15) is 12.5 Å². The molecule has 94 valence electrons. The van der Waals surface area contributed by atoms with E-state index in [2.05, 4.69) is 28.2 Å². The van der Waals surface area contributed by atoms with Gasteiger partial charge >= 0.3 is 0 Å². The van der Waals surface area contributed by atoms with E-state index in [0.29, 0.717) is 28.5 Å². The van der Waals surface area contributed by atoms with Crippen molar-refractivity contribution in [2.75, 3.05) is 24.5 Å². The number of halogens is 1. The molecule has 2 aliphatic heterocycles. The highest BCUT2D eigenvalue weighted by Crippen LogP contribution is 2.38. The molecule has 0 aromatic carbocycles. The Morgan fingerprint density at radius 3 is 3.11 bits per heavy atom. The van der Waals surface area contributed by atoms with E-state index in [0.717, 1.165) is 25.5 Å². The van der Waals surface area contributed by atoms with Crippen molar-refractivity contribution in [2.24, 2.45) is 11.8 Å². The topological polar surface area (TPSA) is 52.0 Å². The van der Waals surface area contributed by atoms with Crippen LogP contribution in [-0.2, 0) is 0 Å². The summed E-state index contributed by atoms with van der Waals surface area (Å²) in [5.41, 5.74) is 0.504. The average Bonchev–Trinajstić information content (AvgIpc) is 2.94. The van der Waals surface area contributed by atoms with E-state index in [1.54, 1.807) is 12.3 Å². The summed E-state index contributed by atoms with van der Waals surface area (Å²) < 4.78 is 0. The van der Waals surface area contributed by atoms with Crippen molar-refractivity contribution in [3.8, 4) is 6.07 Å². The second-order valence-electron chi connectivity index (χ2n) is 5.08. The van der Waals surface area contributed by atoms with Gasteiger partial charge in [0.15, 0.2) is 0 Å². The molecule has 2 fully saturated rings. The van der Waals surface area contributed by atoms with Crippen LogP contribution in [0.25, 0.3) is 0 Å². The maximum Gasteiger partial charge on any atom is 0.148 e. The van der Waals surface area contributed by atoms with Crippen LogP contribution in [0, 0.1) is 23.2 Å². The summed E-state index contributed by atoms with van der Waals surface area (Å²) in [6.07, 6.45) is 1.67. The lowest BCUT2D eigenvalue weighted by Crippen LogP contribution is -2.34. The molecular formula is C13H15ClN4. The normalized spacial score (nSPS) is 30.3. The standard InChI is InChI=1S/C13H15ClN4/c1-8-11-6-16-5-10(11)7-18(8)13-12(14)9(4-15)2-3-17-13/h2-3,8,10-11,16H,5-7H2,1H3. The van der Waals surface area contributed by atoms with Gasteiger partial charge in [-0.25, -0.2) is 4.98 Å². The van der Waals surface area contributed by atoms with Gasteiger partial charge < -0.3 is 10.2 Å². The number of anilines is 1. The lowest BCUT2D eigenvalue weighted by molar-refractivity contribution is 0.471. The second kappa shape index (κ2) is 4.42. The van der Waals surface area contributed by atoms with Gasteiger partial charge in [-0.2, -0.15) is 5.26 Å². The number of rotatable bonds is 1. The monoisotopic (exact) mass is 262 g/mol. The van der Waals surface area contributed by atoms with E-state index >= 15 is 0 Å². The molecule has 0 radical (unpaired) electrons. The van der Waals surface area contributed by atoms with Crippen molar-refractivity contribution in [2.45, 2.75) is 13.0 Å². The smallest absolute Gasteiger partial charge is 0.148 e. The molecule has 1 aromatic heterocycles. The molecule has 3 heterocycles. The summed E-state index contributed by atoms with van der Waals surface area (Å²) >= 11 is 6.27. The Bertz CT molecular complexity index is 510. The first-order valence-corrected chi connectivity index (χ1v) is 6.62. The SMILES string of the molecule is CC1C2CNCC2CN1c1nccc(C#N)c1Cl. The first-order valence-electron chi connectivity index (χ1n) is 6.24. The minimum atomic E-state index is 0.420. The first kappa shape index (κ1) is 11.8. The number of aromatic nitrogens is 1. The molecule has 0 bridgehead atoms. The van der Waals surface area contributed by atoms with Crippen LogP contribution >= 0.6 is 11.6 Å². The molecule has 5 heteroatoms. The predicted molar refractivity (Wildman–Crippen MR) is 70.6 cm³/mol. The molecule has 3 rings (SSSR count). The fraction of sp³-hybridized carbons (Fsp3) is 0.538. The van der Waals surface area contributed by atoms with Crippen molar-refractivity contribution in [3.63, 3.8) is 0 Å². The molecule has 3 atom stereocenters. The van der Waals surface area contributed by atoms with Gasteiger partial charge in [-0.15, -0.1) is 0 Å². The zero-order valence-corrected chi connectivity index (χ0v) is 11.0. The minimum absolute atomic E-state index is 0.420. The fourth-order valence-corrected chi connectivity index (χ4v) is 3.43. The highest BCUT2D eigenvalue weighted by Gasteiger charge is 2.42. The highest BCUT2D eigenvalue weighted by molar-refractivity contribution is 6.34. The molecule has 0 aliphatic carbocycles. The number of nitrogens with one attached hydrogen (secondary N) is 1. The van der Waals surface area contributed by atoms with E-state index in [1.165, 1.54) is 0 Å². The van der Waals surface area contributed by atoms with Gasteiger partial charge in [0.1, 0.15) is 16.9 Å². The Morgan fingerprint density at radius 1 is 1.56 bits per heavy atom. The van der Waals surface area contributed by atoms with Crippen molar-refractivity contribution >= 4 is 17.4 Å². The summed E-state index contributed by atoms with van der Waals surface area (Å²) in [5.74, 6) is 2.09. The molecule has 0 spiro atoms. The Labute approximate surface area is 112 Å². The maximum atomic E-state index is 9.02. The Balaban J connectivity index is 1.95. The molecular weight excluding hydrogens is 248 g/mol. The third-order valence-corrected chi connectivity index (χ3v) is 4.57. The summed E-state index contributed by atoms with van der Waals surface area (Å²) in [7, 11) is 0. The third kappa shape index (κ3) is 1.66.